The van der Waals surface area contributed by atoms with E-state index in [0.717, 1.165) is 31.9 Å². The van der Waals surface area contributed by atoms with Crippen LogP contribution < -0.4 is 4.90 Å². The minimum absolute atomic E-state index is 0.130. The normalized spacial score (nSPS) is 21.1. The van der Waals surface area contributed by atoms with Gasteiger partial charge in [0.2, 0.25) is 5.95 Å². The number of methoxy groups -OCH3 is 1. The standard InChI is InChI=1S/C12H20N6O2/c1-16-12(13-14-15-16)18-7-5-17(6-8-18)11(19)10(20-2)9-3-4-9/h9-10H,3-8H2,1-2H3. The average Bonchev–Trinajstić information content (AvgIpc) is 3.21. The molecule has 8 heteroatoms. The first-order valence-corrected chi connectivity index (χ1v) is 6.99. The lowest BCUT2D eigenvalue weighted by Crippen LogP contribution is -2.52. The van der Waals surface area contributed by atoms with E-state index >= 15 is 0 Å². The van der Waals surface area contributed by atoms with Gasteiger partial charge in [-0.15, -0.1) is 0 Å². The van der Waals surface area contributed by atoms with Crippen LogP contribution in [0.25, 0.3) is 0 Å². The Morgan fingerprint density at radius 3 is 2.50 bits per heavy atom. The number of nitrogens with zero attached hydrogens (tertiary/aromatic N) is 6. The molecule has 0 aromatic carbocycles. The monoisotopic (exact) mass is 280 g/mol. The largest absolute Gasteiger partial charge is 0.371 e. The lowest BCUT2D eigenvalue weighted by atomic mass is 10.2. The fraction of sp³-hybridized carbons (Fsp3) is 0.833. The maximum Gasteiger partial charge on any atom is 0.252 e. The Morgan fingerprint density at radius 1 is 1.30 bits per heavy atom. The molecule has 2 aliphatic rings. The lowest BCUT2D eigenvalue weighted by Gasteiger charge is -2.36. The molecule has 20 heavy (non-hydrogen) atoms. The number of carbonyl (C=O) groups is 1. The summed E-state index contributed by atoms with van der Waals surface area (Å²) in [5.41, 5.74) is 0. The molecule has 2 heterocycles. The van der Waals surface area contributed by atoms with E-state index in [-0.39, 0.29) is 12.0 Å². The molecule has 110 valence electrons. The van der Waals surface area contributed by atoms with Gasteiger partial charge in [0.1, 0.15) is 6.10 Å². The summed E-state index contributed by atoms with van der Waals surface area (Å²) >= 11 is 0. The second-order valence-corrected chi connectivity index (χ2v) is 5.41. The van der Waals surface area contributed by atoms with Gasteiger partial charge in [-0.1, -0.05) is 5.10 Å². The first-order chi connectivity index (χ1) is 9.70. The van der Waals surface area contributed by atoms with Crippen molar-refractivity contribution in [2.24, 2.45) is 13.0 Å². The third-order valence-electron chi connectivity index (χ3n) is 4.02. The third kappa shape index (κ3) is 2.47. The van der Waals surface area contributed by atoms with Gasteiger partial charge in [0, 0.05) is 40.3 Å². The van der Waals surface area contributed by atoms with Crippen molar-refractivity contribution in [3.8, 4) is 0 Å². The predicted octanol–water partition coefficient (Wildman–Crippen LogP) is -0.716. The highest BCUT2D eigenvalue weighted by molar-refractivity contribution is 5.82. The zero-order chi connectivity index (χ0) is 14.1. The van der Waals surface area contributed by atoms with Crippen LogP contribution in [0.4, 0.5) is 5.95 Å². The van der Waals surface area contributed by atoms with Gasteiger partial charge in [0.15, 0.2) is 0 Å². The summed E-state index contributed by atoms with van der Waals surface area (Å²) in [6.45, 7) is 2.89. The number of carbonyl (C=O) groups excluding carboxylic acids is 1. The van der Waals surface area contributed by atoms with Crippen molar-refractivity contribution in [2.45, 2.75) is 18.9 Å². The summed E-state index contributed by atoms with van der Waals surface area (Å²) in [6.07, 6.45) is 1.96. The van der Waals surface area contributed by atoms with Crippen molar-refractivity contribution in [1.82, 2.24) is 25.1 Å². The van der Waals surface area contributed by atoms with E-state index in [2.05, 4.69) is 20.4 Å². The molecule has 1 unspecified atom stereocenters. The molecule has 1 aromatic heterocycles. The zero-order valence-corrected chi connectivity index (χ0v) is 11.9. The molecule has 2 fully saturated rings. The lowest BCUT2D eigenvalue weighted by molar-refractivity contribution is -0.143. The van der Waals surface area contributed by atoms with Crippen molar-refractivity contribution in [1.29, 1.82) is 0 Å². The summed E-state index contributed by atoms with van der Waals surface area (Å²) in [6, 6.07) is 0. The minimum atomic E-state index is -0.252. The van der Waals surface area contributed by atoms with Gasteiger partial charge in [-0.2, -0.15) is 0 Å². The number of anilines is 1. The minimum Gasteiger partial charge on any atom is -0.371 e. The van der Waals surface area contributed by atoms with Crippen LogP contribution in [-0.2, 0) is 16.6 Å². The molecule has 0 N–H and O–H groups in total. The predicted molar refractivity (Wildman–Crippen MR) is 71.1 cm³/mol. The summed E-state index contributed by atoms with van der Waals surface area (Å²) < 4.78 is 7.02. The third-order valence-corrected chi connectivity index (χ3v) is 4.02. The smallest absolute Gasteiger partial charge is 0.252 e. The number of rotatable bonds is 4. The van der Waals surface area contributed by atoms with Crippen molar-refractivity contribution >= 4 is 11.9 Å². The van der Waals surface area contributed by atoms with Crippen LogP contribution in [0.3, 0.4) is 0 Å². The van der Waals surface area contributed by atoms with E-state index < -0.39 is 0 Å². The van der Waals surface area contributed by atoms with Crippen LogP contribution in [0.2, 0.25) is 0 Å². The van der Waals surface area contributed by atoms with Crippen molar-refractivity contribution in [3.05, 3.63) is 0 Å². The molecule has 1 atom stereocenters. The van der Waals surface area contributed by atoms with Crippen LogP contribution in [0, 0.1) is 5.92 Å². The number of hydrogen-bond donors (Lipinski definition) is 0. The highest BCUT2D eigenvalue weighted by atomic mass is 16.5. The van der Waals surface area contributed by atoms with Gasteiger partial charge in [-0.3, -0.25) is 4.79 Å². The Labute approximate surface area is 117 Å². The Hall–Kier alpha value is -1.70. The van der Waals surface area contributed by atoms with Gasteiger partial charge in [-0.05, 0) is 29.2 Å². The van der Waals surface area contributed by atoms with Crippen LogP contribution in [0.1, 0.15) is 12.8 Å². The van der Waals surface area contributed by atoms with Gasteiger partial charge >= 0.3 is 0 Å². The van der Waals surface area contributed by atoms with Crippen LogP contribution in [0.5, 0.6) is 0 Å². The highest BCUT2D eigenvalue weighted by Crippen LogP contribution is 2.35. The summed E-state index contributed by atoms with van der Waals surface area (Å²) in [5, 5.41) is 11.5. The van der Waals surface area contributed by atoms with Crippen LogP contribution >= 0.6 is 0 Å². The molecule has 0 spiro atoms. The van der Waals surface area contributed by atoms with E-state index in [1.54, 1.807) is 11.8 Å². The van der Waals surface area contributed by atoms with Crippen molar-refractivity contribution < 1.29 is 9.53 Å². The fourth-order valence-electron chi connectivity index (χ4n) is 2.69. The maximum atomic E-state index is 12.4. The Morgan fingerprint density at radius 2 is 2.00 bits per heavy atom. The number of hydrogen-bond acceptors (Lipinski definition) is 6. The summed E-state index contributed by atoms with van der Waals surface area (Å²) in [7, 11) is 3.45. The van der Waals surface area contributed by atoms with Crippen LogP contribution in [0.15, 0.2) is 0 Å². The number of ether oxygens (including phenoxy) is 1. The molecule has 1 aromatic rings. The topological polar surface area (TPSA) is 76.4 Å². The van der Waals surface area contributed by atoms with E-state index in [0.29, 0.717) is 19.0 Å². The Bertz CT molecular complexity index is 478. The maximum absolute atomic E-state index is 12.4. The molecule has 1 saturated heterocycles. The zero-order valence-electron chi connectivity index (χ0n) is 11.9. The first-order valence-electron chi connectivity index (χ1n) is 6.99. The van der Waals surface area contributed by atoms with E-state index in [1.807, 2.05) is 11.9 Å². The first kappa shape index (κ1) is 13.3. The van der Waals surface area contributed by atoms with Gasteiger partial charge in [-0.25, -0.2) is 4.68 Å². The number of aryl methyl sites for hydroxylation is 1. The van der Waals surface area contributed by atoms with Gasteiger partial charge in [0.05, 0.1) is 0 Å². The van der Waals surface area contributed by atoms with Gasteiger partial charge in [0.25, 0.3) is 5.91 Å². The Kier molecular flexibility index (Phi) is 3.56. The molecular weight excluding hydrogens is 260 g/mol. The molecule has 1 amide bonds. The number of amides is 1. The van der Waals surface area contributed by atoms with Crippen molar-refractivity contribution in [3.63, 3.8) is 0 Å². The number of piperazine rings is 1. The highest BCUT2D eigenvalue weighted by Gasteiger charge is 2.39. The van der Waals surface area contributed by atoms with Crippen LogP contribution in [-0.4, -0.2) is 70.4 Å². The molecular formula is C12H20N6O2. The quantitative estimate of drug-likeness (QED) is 0.725. The SMILES string of the molecule is COC(C(=O)N1CCN(c2nnnn2C)CC1)C1CC1. The summed E-state index contributed by atoms with van der Waals surface area (Å²) in [5.74, 6) is 1.31. The fourth-order valence-corrected chi connectivity index (χ4v) is 2.69. The summed E-state index contributed by atoms with van der Waals surface area (Å²) in [4.78, 5) is 16.4. The van der Waals surface area contributed by atoms with E-state index in [9.17, 15) is 4.79 Å². The van der Waals surface area contributed by atoms with E-state index in [4.69, 9.17) is 4.74 Å². The molecule has 0 bridgehead atoms. The van der Waals surface area contributed by atoms with Crippen molar-refractivity contribution in [2.75, 3.05) is 38.2 Å². The average molecular weight is 280 g/mol. The number of aromatic nitrogens is 4. The second kappa shape index (κ2) is 5.35. The Balaban J connectivity index is 1.58. The molecule has 8 nitrogen and oxygen atoms in total. The number of tetrazole rings is 1. The molecule has 0 radical (unpaired) electrons. The van der Waals surface area contributed by atoms with E-state index in [1.165, 1.54) is 0 Å². The molecule has 3 rings (SSSR count). The second-order valence-electron chi connectivity index (χ2n) is 5.41. The molecule has 1 aliphatic carbocycles. The molecule has 1 aliphatic heterocycles. The molecule has 1 saturated carbocycles. The van der Waals surface area contributed by atoms with Gasteiger partial charge < -0.3 is 14.5 Å².